The zero-order valence-corrected chi connectivity index (χ0v) is 9.68. The van der Waals surface area contributed by atoms with E-state index < -0.39 is 18.1 Å². The lowest BCUT2D eigenvalue weighted by Crippen LogP contribution is -2.52. The Labute approximate surface area is 99.0 Å². The van der Waals surface area contributed by atoms with Gasteiger partial charge in [0.05, 0.1) is 11.4 Å². The van der Waals surface area contributed by atoms with Gasteiger partial charge in [0.25, 0.3) is 0 Å². The van der Waals surface area contributed by atoms with Crippen molar-refractivity contribution in [2.75, 3.05) is 10.2 Å². The highest BCUT2D eigenvalue weighted by Gasteiger charge is 2.35. The third-order valence-corrected chi connectivity index (χ3v) is 2.89. The largest absolute Gasteiger partial charge is 0.480 e. The Balaban J connectivity index is 2.49. The number of hydrogen-bond donors (Lipinski definition) is 2. The molecule has 17 heavy (non-hydrogen) atoms. The molecule has 1 aromatic rings. The Morgan fingerprint density at radius 3 is 2.76 bits per heavy atom. The van der Waals surface area contributed by atoms with Crippen LogP contribution in [0.2, 0.25) is 0 Å². The average molecular weight is 234 g/mol. The van der Waals surface area contributed by atoms with Crippen LogP contribution in [0.1, 0.15) is 13.8 Å². The van der Waals surface area contributed by atoms with Crippen LogP contribution >= 0.6 is 0 Å². The van der Waals surface area contributed by atoms with E-state index in [4.69, 9.17) is 5.11 Å². The molecule has 0 spiro atoms. The SMILES string of the molecule is CC1Nc2ccccc2N(C(C)C(=O)O)C1=O. The van der Waals surface area contributed by atoms with Gasteiger partial charge in [-0.2, -0.15) is 0 Å². The molecule has 0 fully saturated rings. The fourth-order valence-electron chi connectivity index (χ4n) is 1.94. The summed E-state index contributed by atoms with van der Waals surface area (Å²) in [5.41, 5.74) is 1.40. The number of carbonyl (C=O) groups excluding carboxylic acids is 1. The predicted octanol–water partition coefficient (Wildman–Crippen LogP) is 1.31. The normalized spacial score (nSPS) is 20.5. The number of nitrogens with one attached hydrogen (secondary N) is 1. The molecule has 1 amide bonds. The molecule has 5 heteroatoms. The first-order valence-corrected chi connectivity index (χ1v) is 5.44. The molecule has 2 atom stereocenters. The molecule has 1 aliphatic rings. The molecule has 0 aromatic heterocycles. The van der Waals surface area contributed by atoms with Crippen LogP contribution in [0.15, 0.2) is 24.3 Å². The van der Waals surface area contributed by atoms with Gasteiger partial charge in [-0.1, -0.05) is 12.1 Å². The molecular weight excluding hydrogens is 220 g/mol. The summed E-state index contributed by atoms with van der Waals surface area (Å²) < 4.78 is 0. The minimum atomic E-state index is -1.01. The fraction of sp³-hybridized carbons (Fsp3) is 0.333. The number of hydrogen-bond acceptors (Lipinski definition) is 3. The van der Waals surface area contributed by atoms with Crippen LogP contribution in [0.4, 0.5) is 11.4 Å². The van der Waals surface area contributed by atoms with Gasteiger partial charge in [-0.05, 0) is 26.0 Å². The highest BCUT2D eigenvalue weighted by molar-refractivity contribution is 6.07. The number of benzene rings is 1. The van der Waals surface area contributed by atoms with E-state index in [1.165, 1.54) is 11.8 Å². The lowest BCUT2D eigenvalue weighted by molar-refractivity contribution is -0.139. The number of carboxylic acids is 1. The Bertz CT molecular complexity index is 473. The lowest BCUT2D eigenvalue weighted by Gasteiger charge is -2.36. The van der Waals surface area contributed by atoms with Crippen LogP contribution < -0.4 is 10.2 Å². The van der Waals surface area contributed by atoms with Gasteiger partial charge in [-0.15, -0.1) is 0 Å². The van der Waals surface area contributed by atoms with E-state index in [0.29, 0.717) is 5.69 Å². The maximum Gasteiger partial charge on any atom is 0.326 e. The molecule has 0 saturated carbocycles. The van der Waals surface area contributed by atoms with Crippen molar-refractivity contribution in [3.05, 3.63) is 24.3 Å². The third-order valence-electron chi connectivity index (χ3n) is 2.89. The molecule has 2 rings (SSSR count). The van der Waals surface area contributed by atoms with Crippen molar-refractivity contribution >= 4 is 23.3 Å². The number of amides is 1. The number of rotatable bonds is 2. The second-order valence-corrected chi connectivity index (χ2v) is 4.11. The number of carbonyl (C=O) groups is 2. The van der Waals surface area contributed by atoms with E-state index in [1.807, 2.05) is 12.1 Å². The maximum atomic E-state index is 12.0. The van der Waals surface area contributed by atoms with Gasteiger partial charge >= 0.3 is 5.97 Å². The highest BCUT2D eigenvalue weighted by Crippen LogP contribution is 2.32. The molecule has 0 radical (unpaired) electrons. The smallest absolute Gasteiger partial charge is 0.326 e. The van der Waals surface area contributed by atoms with Gasteiger partial charge in [0.2, 0.25) is 5.91 Å². The lowest BCUT2D eigenvalue weighted by atomic mass is 10.1. The van der Waals surface area contributed by atoms with Crippen molar-refractivity contribution < 1.29 is 14.7 Å². The molecule has 5 nitrogen and oxygen atoms in total. The van der Waals surface area contributed by atoms with Gasteiger partial charge in [0.1, 0.15) is 12.1 Å². The first-order chi connectivity index (χ1) is 8.02. The second-order valence-electron chi connectivity index (χ2n) is 4.11. The predicted molar refractivity (Wildman–Crippen MR) is 64.1 cm³/mol. The zero-order valence-electron chi connectivity index (χ0n) is 9.68. The Hall–Kier alpha value is -2.04. The first kappa shape index (κ1) is 11.4. The summed E-state index contributed by atoms with van der Waals surface area (Å²) in [5.74, 6) is -1.24. The third kappa shape index (κ3) is 1.84. The molecular formula is C12H14N2O3. The van der Waals surface area contributed by atoms with Crippen LogP contribution in [0.25, 0.3) is 0 Å². The van der Waals surface area contributed by atoms with E-state index in [0.717, 1.165) is 5.69 Å². The number of para-hydroxylation sites is 2. The van der Waals surface area contributed by atoms with Crippen molar-refractivity contribution in [2.24, 2.45) is 0 Å². The van der Waals surface area contributed by atoms with Gasteiger partial charge in [-0.3, -0.25) is 9.69 Å². The number of carboxylic acid groups (broad SMARTS) is 1. The van der Waals surface area contributed by atoms with Crippen LogP contribution in [0.5, 0.6) is 0 Å². The maximum absolute atomic E-state index is 12.0. The van der Waals surface area contributed by atoms with Crippen LogP contribution in [-0.4, -0.2) is 29.1 Å². The Morgan fingerprint density at radius 1 is 1.47 bits per heavy atom. The van der Waals surface area contributed by atoms with E-state index in [1.54, 1.807) is 19.1 Å². The minimum Gasteiger partial charge on any atom is -0.480 e. The summed E-state index contributed by atoms with van der Waals surface area (Å²) in [7, 11) is 0. The van der Waals surface area contributed by atoms with Gasteiger partial charge < -0.3 is 10.4 Å². The quantitative estimate of drug-likeness (QED) is 0.809. The molecule has 2 unspecified atom stereocenters. The van der Waals surface area contributed by atoms with E-state index >= 15 is 0 Å². The molecule has 90 valence electrons. The summed E-state index contributed by atoms with van der Waals surface area (Å²) in [6.07, 6.45) is 0. The van der Waals surface area contributed by atoms with Crippen molar-refractivity contribution in [1.82, 2.24) is 0 Å². The summed E-state index contributed by atoms with van der Waals surface area (Å²) in [6.45, 7) is 3.23. The fourth-order valence-corrected chi connectivity index (χ4v) is 1.94. The van der Waals surface area contributed by atoms with Crippen molar-refractivity contribution in [3.8, 4) is 0 Å². The Morgan fingerprint density at radius 2 is 2.12 bits per heavy atom. The Kier molecular flexibility index (Phi) is 2.75. The first-order valence-electron chi connectivity index (χ1n) is 5.44. The summed E-state index contributed by atoms with van der Waals surface area (Å²) in [4.78, 5) is 24.4. The topological polar surface area (TPSA) is 69.6 Å². The number of anilines is 2. The number of aliphatic carboxylic acids is 1. The molecule has 0 aliphatic carbocycles. The highest BCUT2D eigenvalue weighted by atomic mass is 16.4. The summed E-state index contributed by atoms with van der Waals surface area (Å²) >= 11 is 0. The minimum absolute atomic E-state index is 0.224. The second kappa shape index (κ2) is 4.08. The number of nitrogens with zero attached hydrogens (tertiary/aromatic N) is 1. The van der Waals surface area contributed by atoms with Crippen molar-refractivity contribution in [2.45, 2.75) is 25.9 Å². The van der Waals surface area contributed by atoms with Gasteiger partial charge in [0, 0.05) is 0 Å². The van der Waals surface area contributed by atoms with Crippen LogP contribution in [0.3, 0.4) is 0 Å². The molecule has 2 N–H and O–H groups in total. The van der Waals surface area contributed by atoms with Gasteiger partial charge in [-0.25, -0.2) is 4.79 Å². The summed E-state index contributed by atoms with van der Waals surface area (Å²) in [6, 6.07) is 5.93. The van der Waals surface area contributed by atoms with Gasteiger partial charge in [0.15, 0.2) is 0 Å². The van der Waals surface area contributed by atoms with Crippen LogP contribution in [-0.2, 0) is 9.59 Å². The zero-order chi connectivity index (χ0) is 12.6. The molecule has 1 heterocycles. The monoisotopic (exact) mass is 234 g/mol. The molecule has 0 bridgehead atoms. The average Bonchev–Trinajstić information content (AvgIpc) is 2.30. The number of fused-ring (bicyclic) bond motifs is 1. The van der Waals surface area contributed by atoms with E-state index in [9.17, 15) is 9.59 Å². The van der Waals surface area contributed by atoms with Crippen LogP contribution in [0, 0.1) is 0 Å². The molecule has 0 saturated heterocycles. The molecule has 1 aliphatic heterocycles. The molecule has 1 aromatic carbocycles. The van der Waals surface area contributed by atoms with E-state index in [2.05, 4.69) is 5.32 Å². The van der Waals surface area contributed by atoms with Crippen molar-refractivity contribution in [1.29, 1.82) is 0 Å². The van der Waals surface area contributed by atoms with E-state index in [-0.39, 0.29) is 5.91 Å². The summed E-state index contributed by atoms with van der Waals surface area (Å²) in [5, 5.41) is 12.1. The standard InChI is InChI=1S/C12H14N2O3/c1-7-11(15)14(8(2)12(16)17)10-6-4-3-5-9(10)13-7/h3-8,13H,1-2H3,(H,16,17). The van der Waals surface area contributed by atoms with Crippen molar-refractivity contribution in [3.63, 3.8) is 0 Å².